The van der Waals surface area contributed by atoms with Gasteiger partial charge < -0.3 is 14.7 Å². The number of hydrogen-bond acceptors (Lipinski definition) is 3. The van der Waals surface area contributed by atoms with E-state index in [4.69, 9.17) is 9.84 Å². The Morgan fingerprint density at radius 2 is 2.00 bits per heavy atom. The molecule has 0 aromatic carbocycles. The van der Waals surface area contributed by atoms with Gasteiger partial charge in [0.25, 0.3) is 0 Å². The van der Waals surface area contributed by atoms with Gasteiger partial charge in [-0.1, -0.05) is 33.1 Å². The summed E-state index contributed by atoms with van der Waals surface area (Å²) < 4.78 is 5.05. The summed E-state index contributed by atoms with van der Waals surface area (Å²) in [5.41, 5.74) is 0. The third kappa shape index (κ3) is 9.12. The molecular formula is C13H27NO3. The molecule has 0 aliphatic heterocycles. The topological polar surface area (TPSA) is 49.8 Å². The summed E-state index contributed by atoms with van der Waals surface area (Å²) in [6.45, 7) is 7.02. The number of hydrogen-bond donors (Lipinski definition) is 1. The van der Waals surface area contributed by atoms with Crippen molar-refractivity contribution in [2.45, 2.75) is 39.5 Å². The van der Waals surface area contributed by atoms with E-state index in [0.717, 1.165) is 19.5 Å². The van der Waals surface area contributed by atoms with Crippen LogP contribution in [0.5, 0.6) is 0 Å². The molecule has 0 bridgehead atoms. The van der Waals surface area contributed by atoms with Crippen LogP contribution in [0.3, 0.4) is 0 Å². The van der Waals surface area contributed by atoms with Gasteiger partial charge in [0.2, 0.25) is 0 Å². The Morgan fingerprint density at radius 1 is 1.29 bits per heavy atom. The fourth-order valence-corrected chi connectivity index (χ4v) is 1.74. The van der Waals surface area contributed by atoms with E-state index < -0.39 is 5.97 Å². The molecule has 1 atom stereocenters. The summed E-state index contributed by atoms with van der Waals surface area (Å²) in [4.78, 5) is 13.0. The lowest BCUT2D eigenvalue weighted by atomic mass is 10.1. The minimum absolute atomic E-state index is 0.307. The molecule has 0 heterocycles. The van der Waals surface area contributed by atoms with Gasteiger partial charge in [-0.15, -0.1) is 0 Å². The fraction of sp³-hybridized carbons (Fsp3) is 0.923. The first kappa shape index (κ1) is 16.4. The Balaban J connectivity index is 3.90. The molecule has 0 rings (SSSR count). The summed E-state index contributed by atoms with van der Waals surface area (Å²) in [5, 5.41) is 8.91. The molecule has 1 unspecified atom stereocenters. The third-order valence-electron chi connectivity index (χ3n) is 2.89. The van der Waals surface area contributed by atoms with E-state index in [1.165, 1.54) is 19.3 Å². The Hall–Kier alpha value is -0.610. The van der Waals surface area contributed by atoms with E-state index in [2.05, 4.69) is 11.8 Å². The van der Waals surface area contributed by atoms with Crippen LogP contribution >= 0.6 is 0 Å². The quantitative estimate of drug-likeness (QED) is 0.567. The molecule has 17 heavy (non-hydrogen) atoms. The first-order chi connectivity index (χ1) is 8.11. The average molecular weight is 245 g/mol. The summed E-state index contributed by atoms with van der Waals surface area (Å²) in [5.74, 6) is -1.03. The van der Waals surface area contributed by atoms with Gasteiger partial charge in [0.05, 0.1) is 12.5 Å². The van der Waals surface area contributed by atoms with Gasteiger partial charge in [-0.05, 0) is 13.0 Å². The number of aliphatic carboxylic acids is 1. The highest BCUT2D eigenvalue weighted by molar-refractivity contribution is 5.69. The molecule has 0 spiro atoms. The molecule has 0 saturated carbocycles. The SMILES string of the molecule is CCCCCCN(CCOC)CC(C)C(=O)O. The zero-order chi connectivity index (χ0) is 13.1. The molecule has 4 nitrogen and oxygen atoms in total. The van der Waals surface area contributed by atoms with E-state index in [1.54, 1.807) is 14.0 Å². The second-order valence-corrected chi connectivity index (χ2v) is 4.59. The molecule has 1 N–H and O–H groups in total. The Bertz CT molecular complexity index is 197. The maximum Gasteiger partial charge on any atom is 0.307 e. The normalized spacial score (nSPS) is 12.9. The average Bonchev–Trinajstić information content (AvgIpc) is 2.30. The van der Waals surface area contributed by atoms with Crippen LogP contribution in [0.15, 0.2) is 0 Å². The van der Waals surface area contributed by atoms with Crippen molar-refractivity contribution in [1.82, 2.24) is 4.90 Å². The van der Waals surface area contributed by atoms with Crippen LogP contribution in [0.1, 0.15) is 39.5 Å². The smallest absolute Gasteiger partial charge is 0.307 e. The van der Waals surface area contributed by atoms with Gasteiger partial charge in [-0.3, -0.25) is 4.79 Å². The number of nitrogens with zero attached hydrogens (tertiary/aromatic N) is 1. The fourth-order valence-electron chi connectivity index (χ4n) is 1.74. The molecule has 0 aromatic heterocycles. The molecule has 0 fully saturated rings. The maximum atomic E-state index is 10.8. The molecule has 0 aliphatic carbocycles. The van der Waals surface area contributed by atoms with E-state index in [9.17, 15) is 4.79 Å². The second kappa shape index (κ2) is 10.5. The van der Waals surface area contributed by atoms with Crippen LogP contribution < -0.4 is 0 Å². The van der Waals surface area contributed by atoms with Gasteiger partial charge in [0.15, 0.2) is 0 Å². The summed E-state index contributed by atoms with van der Waals surface area (Å²) in [6.07, 6.45) is 4.85. The number of ether oxygens (including phenoxy) is 1. The highest BCUT2D eigenvalue weighted by Gasteiger charge is 2.15. The van der Waals surface area contributed by atoms with Crippen LogP contribution in [0, 0.1) is 5.92 Å². The van der Waals surface area contributed by atoms with Crippen molar-refractivity contribution in [2.75, 3.05) is 33.4 Å². The van der Waals surface area contributed by atoms with Gasteiger partial charge in [-0.2, -0.15) is 0 Å². The maximum absolute atomic E-state index is 10.8. The first-order valence-corrected chi connectivity index (χ1v) is 6.55. The molecule has 0 aliphatic rings. The Labute approximate surface area is 105 Å². The Morgan fingerprint density at radius 3 is 2.53 bits per heavy atom. The summed E-state index contributed by atoms with van der Waals surface area (Å²) >= 11 is 0. The predicted octanol–water partition coefficient (Wildman–Crippen LogP) is 2.24. The lowest BCUT2D eigenvalue weighted by Crippen LogP contribution is -2.35. The predicted molar refractivity (Wildman–Crippen MR) is 69.3 cm³/mol. The van der Waals surface area contributed by atoms with Gasteiger partial charge in [-0.25, -0.2) is 0 Å². The van der Waals surface area contributed by atoms with Crippen LogP contribution in [0.4, 0.5) is 0 Å². The van der Waals surface area contributed by atoms with Crippen molar-refractivity contribution >= 4 is 5.97 Å². The number of carboxylic acid groups (broad SMARTS) is 1. The number of carbonyl (C=O) groups is 1. The van der Waals surface area contributed by atoms with Crippen molar-refractivity contribution < 1.29 is 14.6 Å². The number of methoxy groups -OCH3 is 1. The standard InChI is InChI=1S/C13H27NO3/c1-4-5-6-7-8-14(9-10-17-3)11-12(2)13(15)16/h12H,4-11H2,1-3H3,(H,15,16). The minimum Gasteiger partial charge on any atom is -0.481 e. The highest BCUT2D eigenvalue weighted by Crippen LogP contribution is 2.05. The monoisotopic (exact) mass is 245 g/mol. The second-order valence-electron chi connectivity index (χ2n) is 4.59. The Kier molecular flexibility index (Phi) is 10.2. The largest absolute Gasteiger partial charge is 0.481 e. The highest BCUT2D eigenvalue weighted by atomic mass is 16.5. The minimum atomic E-state index is -0.721. The molecule has 0 radical (unpaired) electrons. The molecule has 102 valence electrons. The van der Waals surface area contributed by atoms with Crippen LogP contribution in [-0.2, 0) is 9.53 Å². The van der Waals surface area contributed by atoms with Crippen molar-refractivity contribution in [3.8, 4) is 0 Å². The van der Waals surface area contributed by atoms with E-state index >= 15 is 0 Å². The number of unbranched alkanes of at least 4 members (excludes halogenated alkanes) is 3. The van der Waals surface area contributed by atoms with Gasteiger partial charge in [0, 0.05) is 20.2 Å². The van der Waals surface area contributed by atoms with Crippen LogP contribution in [-0.4, -0.2) is 49.3 Å². The molecule has 0 saturated heterocycles. The lowest BCUT2D eigenvalue weighted by Gasteiger charge is -2.23. The molecular weight excluding hydrogens is 218 g/mol. The van der Waals surface area contributed by atoms with Crippen molar-refractivity contribution in [1.29, 1.82) is 0 Å². The molecule has 0 aromatic rings. The first-order valence-electron chi connectivity index (χ1n) is 6.55. The van der Waals surface area contributed by atoms with Crippen LogP contribution in [0.25, 0.3) is 0 Å². The van der Waals surface area contributed by atoms with E-state index in [0.29, 0.717) is 13.2 Å². The third-order valence-corrected chi connectivity index (χ3v) is 2.89. The summed E-state index contributed by atoms with van der Waals surface area (Å²) in [6, 6.07) is 0. The molecule has 4 heteroatoms. The van der Waals surface area contributed by atoms with Crippen LogP contribution in [0.2, 0.25) is 0 Å². The van der Waals surface area contributed by atoms with Gasteiger partial charge in [0.1, 0.15) is 0 Å². The van der Waals surface area contributed by atoms with Crippen molar-refractivity contribution in [3.63, 3.8) is 0 Å². The lowest BCUT2D eigenvalue weighted by molar-refractivity contribution is -0.141. The van der Waals surface area contributed by atoms with Crippen molar-refractivity contribution in [2.24, 2.45) is 5.92 Å². The summed E-state index contributed by atoms with van der Waals surface area (Å²) in [7, 11) is 1.68. The van der Waals surface area contributed by atoms with E-state index in [-0.39, 0.29) is 5.92 Å². The number of carboxylic acids is 1. The molecule has 0 amide bonds. The zero-order valence-corrected chi connectivity index (χ0v) is 11.4. The zero-order valence-electron chi connectivity index (χ0n) is 11.4. The van der Waals surface area contributed by atoms with E-state index in [1.807, 2.05) is 0 Å². The van der Waals surface area contributed by atoms with Crippen molar-refractivity contribution in [3.05, 3.63) is 0 Å². The van der Waals surface area contributed by atoms with Gasteiger partial charge >= 0.3 is 5.97 Å². The number of rotatable bonds is 11.